The Kier molecular flexibility index (Phi) is 5.38. The lowest BCUT2D eigenvalue weighted by Gasteiger charge is -2.32. The molecule has 0 amide bonds. The lowest BCUT2D eigenvalue weighted by atomic mass is 9.88. The van der Waals surface area contributed by atoms with Crippen molar-refractivity contribution in [2.75, 3.05) is 0 Å². The van der Waals surface area contributed by atoms with E-state index in [-0.39, 0.29) is 30.1 Å². The summed E-state index contributed by atoms with van der Waals surface area (Å²) in [4.78, 5) is 22.4. The molecule has 0 saturated carbocycles. The standard InChI is InChI=1S/C14H22O4/c1-9-6-5-7-10(2)14(18-12(4)16)13(8-9)17-11(3)15/h6,10,13-14H,5,7-8H2,1-4H3/b9-6-. The molecule has 0 fully saturated rings. The monoisotopic (exact) mass is 254 g/mol. The number of carbonyl (C=O) groups excluding carboxylic acids is 2. The van der Waals surface area contributed by atoms with E-state index in [0.717, 1.165) is 12.8 Å². The van der Waals surface area contributed by atoms with Crippen molar-refractivity contribution in [3.05, 3.63) is 11.6 Å². The first-order valence-electron chi connectivity index (χ1n) is 6.40. The van der Waals surface area contributed by atoms with Gasteiger partial charge in [-0.2, -0.15) is 0 Å². The summed E-state index contributed by atoms with van der Waals surface area (Å²) in [7, 11) is 0. The molecule has 1 aliphatic carbocycles. The van der Waals surface area contributed by atoms with E-state index in [1.807, 2.05) is 13.8 Å². The number of carbonyl (C=O) groups is 2. The summed E-state index contributed by atoms with van der Waals surface area (Å²) < 4.78 is 10.7. The van der Waals surface area contributed by atoms with Crippen LogP contribution in [0, 0.1) is 5.92 Å². The maximum Gasteiger partial charge on any atom is 0.303 e. The van der Waals surface area contributed by atoms with Crippen LogP contribution < -0.4 is 0 Å². The zero-order chi connectivity index (χ0) is 13.7. The molecule has 0 bridgehead atoms. The Morgan fingerprint density at radius 3 is 2.39 bits per heavy atom. The van der Waals surface area contributed by atoms with E-state index in [1.54, 1.807) is 0 Å². The van der Waals surface area contributed by atoms with E-state index >= 15 is 0 Å². The SMILES string of the molecule is CC(=O)OC1C/C(C)=C\CCC(C)C1OC(C)=O. The molecule has 1 rings (SSSR count). The highest BCUT2D eigenvalue weighted by molar-refractivity contribution is 5.67. The third-order valence-electron chi connectivity index (χ3n) is 3.18. The van der Waals surface area contributed by atoms with Crippen LogP contribution in [0.2, 0.25) is 0 Å². The predicted octanol–water partition coefficient (Wildman–Crippen LogP) is 2.62. The van der Waals surface area contributed by atoms with E-state index < -0.39 is 0 Å². The zero-order valence-electron chi connectivity index (χ0n) is 11.6. The second kappa shape index (κ2) is 6.57. The number of allylic oxidation sites excluding steroid dienone is 1. The average molecular weight is 254 g/mol. The second-order valence-electron chi connectivity index (χ2n) is 5.03. The van der Waals surface area contributed by atoms with Crippen molar-refractivity contribution in [2.45, 2.75) is 59.2 Å². The van der Waals surface area contributed by atoms with Crippen LogP contribution >= 0.6 is 0 Å². The summed E-state index contributed by atoms with van der Waals surface area (Å²) in [5, 5.41) is 0. The van der Waals surface area contributed by atoms with Crippen molar-refractivity contribution in [2.24, 2.45) is 5.92 Å². The van der Waals surface area contributed by atoms with Crippen molar-refractivity contribution in [1.82, 2.24) is 0 Å². The largest absolute Gasteiger partial charge is 0.458 e. The van der Waals surface area contributed by atoms with Gasteiger partial charge < -0.3 is 9.47 Å². The fourth-order valence-electron chi connectivity index (χ4n) is 2.35. The average Bonchev–Trinajstić information content (AvgIpc) is 2.22. The molecular weight excluding hydrogens is 232 g/mol. The molecule has 0 aromatic heterocycles. The third-order valence-corrected chi connectivity index (χ3v) is 3.18. The molecule has 0 spiro atoms. The molecule has 102 valence electrons. The van der Waals surface area contributed by atoms with Gasteiger partial charge in [0.1, 0.15) is 12.2 Å². The highest BCUT2D eigenvalue weighted by Gasteiger charge is 2.33. The molecule has 0 saturated heterocycles. The summed E-state index contributed by atoms with van der Waals surface area (Å²) >= 11 is 0. The molecular formula is C14H22O4. The third kappa shape index (κ3) is 4.51. The van der Waals surface area contributed by atoms with Crippen LogP contribution in [0.4, 0.5) is 0 Å². The lowest BCUT2D eigenvalue weighted by Crippen LogP contribution is -2.40. The summed E-state index contributed by atoms with van der Waals surface area (Å²) in [6, 6.07) is 0. The van der Waals surface area contributed by atoms with Crippen LogP contribution in [0.25, 0.3) is 0 Å². The molecule has 4 nitrogen and oxygen atoms in total. The quantitative estimate of drug-likeness (QED) is 0.561. The van der Waals surface area contributed by atoms with E-state index in [9.17, 15) is 9.59 Å². The molecule has 4 heteroatoms. The molecule has 3 unspecified atom stereocenters. The summed E-state index contributed by atoms with van der Waals surface area (Å²) in [6.45, 7) is 6.81. The normalized spacial score (nSPS) is 31.6. The number of ether oxygens (including phenoxy) is 2. The minimum absolute atomic E-state index is 0.183. The number of hydrogen-bond acceptors (Lipinski definition) is 4. The van der Waals surface area contributed by atoms with E-state index in [2.05, 4.69) is 6.08 Å². The van der Waals surface area contributed by atoms with Gasteiger partial charge in [-0.15, -0.1) is 0 Å². The maximum atomic E-state index is 11.2. The first-order chi connectivity index (χ1) is 8.40. The van der Waals surface area contributed by atoms with E-state index in [1.165, 1.54) is 19.4 Å². The molecule has 0 N–H and O–H groups in total. The van der Waals surface area contributed by atoms with E-state index in [4.69, 9.17) is 9.47 Å². The Bertz CT molecular complexity index is 346. The highest BCUT2D eigenvalue weighted by Crippen LogP contribution is 2.27. The minimum Gasteiger partial charge on any atom is -0.458 e. The Morgan fingerprint density at radius 1 is 1.22 bits per heavy atom. The Morgan fingerprint density at radius 2 is 1.83 bits per heavy atom. The van der Waals surface area contributed by atoms with Crippen LogP contribution in [0.15, 0.2) is 11.6 Å². The van der Waals surface area contributed by atoms with Crippen LogP contribution in [0.1, 0.15) is 47.0 Å². The predicted molar refractivity (Wildman–Crippen MR) is 67.9 cm³/mol. The van der Waals surface area contributed by atoms with Crippen molar-refractivity contribution in [3.63, 3.8) is 0 Å². The fourth-order valence-corrected chi connectivity index (χ4v) is 2.35. The number of rotatable bonds is 2. The molecule has 1 aliphatic rings. The molecule has 18 heavy (non-hydrogen) atoms. The van der Waals surface area contributed by atoms with Gasteiger partial charge in [-0.3, -0.25) is 9.59 Å². The van der Waals surface area contributed by atoms with Crippen LogP contribution in [0.3, 0.4) is 0 Å². The van der Waals surface area contributed by atoms with Crippen molar-refractivity contribution in [3.8, 4) is 0 Å². The maximum absolute atomic E-state index is 11.2. The minimum atomic E-state index is -0.377. The highest BCUT2D eigenvalue weighted by atomic mass is 16.6. The topological polar surface area (TPSA) is 52.6 Å². The molecule has 3 atom stereocenters. The Balaban J connectivity index is 2.90. The number of esters is 2. The molecule has 0 radical (unpaired) electrons. The number of hydrogen-bond donors (Lipinski definition) is 0. The van der Waals surface area contributed by atoms with Crippen molar-refractivity contribution < 1.29 is 19.1 Å². The van der Waals surface area contributed by atoms with Crippen LogP contribution in [-0.2, 0) is 19.1 Å². The fraction of sp³-hybridized carbons (Fsp3) is 0.714. The molecule has 0 heterocycles. The van der Waals surface area contributed by atoms with Gasteiger partial charge >= 0.3 is 11.9 Å². The second-order valence-corrected chi connectivity index (χ2v) is 5.03. The lowest BCUT2D eigenvalue weighted by molar-refractivity contribution is -0.169. The zero-order valence-corrected chi connectivity index (χ0v) is 11.6. The van der Waals surface area contributed by atoms with Gasteiger partial charge in [0.15, 0.2) is 0 Å². The summed E-state index contributed by atoms with van der Waals surface area (Å²) in [5.41, 5.74) is 1.17. The Labute approximate surface area is 108 Å². The molecule has 0 aromatic carbocycles. The van der Waals surface area contributed by atoms with Gasteiger partial charge in [-0.05, 0) is 25.7 Å². The van der Waals surface area contributed by atoms with Gasteiger partial charge in [0, 0.05) is 20.3 Å². The van der Waals surface area contributed by atoms with Crippen molar-refractivity contribution in [1.29, 1.82) is 0 Å². The van der Waals surface area contributed by atoms with Gasteiger partial charge in [-0.1, -0.05) is 18.6 Å². The molecule has 0 aromatic rings. The van der Waals surface area contributed by atoms with E-state index in [0.29, 0.717) is 6.42 Å². The Hall–Kier alpha value is -1.32. The first-order valence-corrected chi connectivity index (χ1v) is 6.40. The van der Waals surface area contributed by atoms with Crippen LogP contribution in [-0.4, -0.2) is 24.1 Å². The molecule has 0 aliphatic heterocycles. The first kappa shape index (κ1) is 14.7. The smallest absolute Gasteiger partial charge is 0.303 e. The van der Waals surface area contributed by atoms with Gasteiger partial charge in [0.25, 0.3) is 0 Å². The van der Waals surface area contributed by atoms with Crippen molar-refractivity contribution >= 4 is 11.9 Å². The van der Waals surface area contributed by atoms with Gasteiger partial charge in [0.2, 0.25) is 0 Å². The summed E-state index contributed by atoms with van der Waals surface area (Å²) in [5.74, 6) is -0.480. The van der Waals surface area contributed by atoms with Crippen LogP contribution in [0.5, 0.6) is 0 Å². The summed E-state index contributed by atoms with van der Waals surface area (Å²) in [6.07, 6.45) is 3.96. The van der Waals surface area contributed by atoms with Gasteiger partial charge in [-0.25, -0.2) is 0 Å². The van der Waals surface area contributed by atoms with Gasteiger partial charge in [0.05, 0.1) is 0 Å².